The summed E-state index contributed by atoms with van der Waals surface area (Å²) in [6, 6.07) is 12.9. The summed E-state index contributed by atoms with van der Waals surface area (Å²) in [5, 5.41) is 3.57. The van der Waals surface area contributed by atoms with Gasteiger partial charge in [-0.05, 0) is 68.3 Å². The van der Waals surface area contributed by atoms with Crippen molar-refractivity contribution in [3.63, 3.8) is 0 Å². The molecule has 3 heterocycles. The predicted octanol–water partition coefficient (Wildman–Crippen LogP) is 4.47. The van der Waals surface area contributed by atoms with Crippen molar-refractivity contribution >= 4 is 11.4 Å². The molecule has 1 atom stereocenters. The van der Waals surface area contributed by atoms with Gasteiger partial charge in [0.15, 0.2) is 11.4 Å². The van der Waals surface area contributed by atoms with Gasteiger partial charge in [0.25, 0.3) is 0 Å². The van der Waals surface area contributed by atoms with Crippen LogP contribution in [0.15, 0.2) is 61.2 Å². The lowest BCUT2D eigenvalue weighted by Gasteiger charge is -2.12. The van der Waals surface area contributed by atoms with Crippen LogP contribution in [0.4, 0.5) is 0 Å². The number of aromatic nitrogens is 3. The van der Waals surface area contributed by atoms with E-state index in [0.29, 0.717) is 18.0 Å². The van der Waals surface area contributed by atoms with Crippen molar-refractivity contribution in [3.05, 3.63) is 100 Å². The van der Waals surface area contributed by atoms with Crippen molar-refractivity contribution in [1.29, 1.82) is 0 Å². The van der Waals surface area contributed by atoms with Crippen molar-refractivity contribution in [3.8, 4) is 11.8 Å². The molecule has 0 aliphatic carbocycles. The van der Waals surface area contributed by atoms with Crippen molar-refractivity contribution < 1.29 is 4.79 Å². The Kier molecular flexibility index (Phi) is 6.24. The van der Waals surface area contributed by atoms with Gasteiger partial charge in [-0.2, -0.15) is 0 Å². The van der Waals surface area contributed by atoms with Crippen LogP contribution in [0.1, 0.15) is 56.7 Å². The first kappa shape index (κ1) is 22.1. The van der Waals surface area contributed by atoms with Crippen LogP contribution in [0.5, 0.6) is 0 Å². The van der Waals surface area contributed by atoms with Gasteiger partial charge in [0.1, 0.15) is 5.69 Å². The number of imidazole rings is 1. The van der Waals surface area contributed by atoms with E-state index in [1.54, 1.807) is 18.6 Å². The van der Waals surface area contributed by atoms with Gasteiger partial charge in [0.05, 0.1) is 12.4 Å². The smallest absolute Gasteiger partial charge is 0.167 e. The lowest BCUT2D eigenvalue weighted by atomic mass is 9.95. The van der Waals surface area contributed by atoms with Gasteiger partial charge in [0, 0.05) is 36.0 Å². The highest BCUT2D eigenvalue weighted by Crippen LogP contribution is 2.18. The monoisotopic (exact) mass is 448 g/mol. The third kappa shape index (κ3) is 4.93. The number of rotatable bonds is 5. The third-order valence-electron chi connectivity index (χ3n) is 6.41. The fourth-order valence-electron chi connectivity index (χ4n) is 4.67. The topological polar surface area (TPSA) is 59.3 Å². The summed E-state index contributed by atoms with van der Waals surface area (Å²) in [5.41, 5.74) is 7.72. The summed E-state index contributed by atoms with van der Waals surface area (Å²) in [6.07, 6.45) is 10.9. The summed E-state index contributed by atoms with van der Waals surface area (Å²) >= 11 is 0. The number of hydrogen-bond acceptors (Lipinski definition) is 4. The number of nitrogens with zero attached hydrogens (tertiary/aromatic N) is 3. The van der Waals surface area contributed by atoms with E-state index in [1.807, 2.05) is 35.7 Å². The van der Waals surface area contributed by atoms with Crippen LogP contribution in [0, 0.1) is 25.7 Å². The van der Waals surface area contributed by atoms with Crippen LogP contribution in [-0.4, -0.2) is 32.7 Å². The number of nitrogens with one attached hydrogen (secondary N) is 1. The van der Waals surface area contributed by atoms with Gasteiger partial charge in [-0.25, -0.2) is 4.98 Å². The Morgan fingerprint density at radius 1 is 1.12 bits per heavy atom. The molecule has 0 saturated carbocycles. The van der Waals surface area contributed by atoms with E-state index in [-0.39, 0.29) is 5.78 Å². The Morgan fingerprint density at radius 3 is 2.85 bits per heavy atom. The average Bonchev–Trinajstić information content (AvgIpc) is 3.48. The third-order valence-corrected chi connectivity index (χ3v) is 6.41. The summed E-state index contributed by atoms with van der Waals surface area (Å²) in [5.74, 6) is 6.54. The summed E-state index contributed by atoms with van der Waals surface area (Å²) in [6.45, 7) is 5.23. The molecule has 1 N–H and O–H groups in total. The second-order valence-corrected chi connectivity index (χ2v) is 9.15. The first-order valence-corrected chi connectivity index (χ1v) is 11.8. The molecule has 0 amide bonds. The number of carbonyl (C=O) groups is 1. The molecular formula is C29H28N4O. The minimum Gasteiger partial charge on any atom is -0.314 e. The molecule has 5 heteroatoms. The van der Waals surface area contributed by atoms with Crippen LogP contribution in [0.25, 0.3) is 5.65 Å². The molecule has 170 valence electrons. The molecule has 5 nitrogen and oxygen atoms in total. The van der Waals surface area contributed by atoms with Crippen LogP contribution in [-0.2, 0) is 12.8 Å². The number of ketones is 1. The zero-order valence-corrected chi connectivity index (χ0v) is 19.6. The maximum Gasteiger partial charge on any atom is 0.167 e. The van der Waals surface area contributed by atoms with E-state index in [0.717, 1.165) is 41.0 Å². The molecule has 0 radical (unpaired) electrons. The summed E-state index contributed by atoms with van der Waals surface area (Å²) in [7, 11) is 0. The number of hydrogen-bond donors (Lipinski definition) is 1. The quantitative estimate of drug-likeness (QED) is 0.362. The van der Waals surface area contributed by atoms with Crippen LogP contribution < -0.4 is 5.32 Å². The molecule has 2 aromatic heterocycles. The standard InChI is InChI=1S/C29H28N4O/c1-20-12-22(15-26-4-3-9-31-26)14-23(13-20)16-28(34)25-6-5-21(2)24(17-25)7-8-27-18-32-29-19-30-10-11-33(27)29/h5-6,10-14,17-19,26,31H,3-4,9,15-16H2,1-2H3. The van der Waals surface area contributed by atoms with Gasteiger partial charge < -0.3 is 5.32 Å². The lowest BCUT2D eigenvalue weighted by molar-refractivity contribution is 0.0993. The Labute approximate surface area is 200 Å². The second-order valence-electron chi connectivity index (χ2n) is 9.15. The highest BCUT2D eigenvalue weighted by Gasteiger charge is 2.16. The number of benzene rings is 2. The second kappa shape index (κ2) is 9.62. The van der Waals surface area contributed by atoms with Gasteiger partial charge in [0.2, 0.25) is 0 Å². The Morgan fingerprint density at radius 2 is 2.00 bits per heavy atom. The number of carbonyl (C=O) groups excluding carboxylic acids is 1. The maximum absolute atomic E-state index is 13.2. The van der Waals surface area contributed by atoms with Crippen LogP contribution >= 0.6 is 0 Å². The Hall–Kier alpha value is -3.75. The number of aryl methyl sites for hydroxylation is 2. The zero-order valence-electron chi connectivity index (χ0n) is 19.6. The molecule has 1 aliphatic rings. The largest absolute Gasteiger partial charge is 0.314 e. The van der Waals surface area contributed by atoms with Gasteiger partial charge in [-0.1, -0.05) is 41.8 Å². The molecule has 0 spiro atoms. The fraction of sp³-hybridized carbons (Fsp3) is 0.276. The zero-order chi connectivity index (χ0) is 23.5. The molecule has 1 saturated heterocycles. The van der Waals surface area contributed by atoms with Crippen molar-refractivity contribution in [2.45, 2.75) is 45.6 Å². The van der Waals surface area contributed by atoms with E-state index in [1.165, 1.54) is 24.0 Å². The van der Waals surface area contributed by atoms with E-state index >= 15 is 0 Å². The number of Topliss-reactive ketones (excluding diaryl/α,β-unsaturated/α-hetero) is 1. The maximum atomic E-state index is 13.2. The minimum absolute atomic E-state index is 0.111. The van der Waals surface area contributed by atoms with E-state index in [4.69, 9.17) is 0 Å². The van der Waals surface area contributed by atoms with E-state index < -0.39 is 0 Å². The summed E-state index contributed by atoms with van der Waals surface area (Å²) in [4.78, 5) is 21.6. The lowest BCUT2D eigenvalue weighted by Crippen LogP contribution is -2.23. The van der Waals surface area contributed by atoms with E-state index in [2.05, 4.69) is 52.2 Å². The van der Waals surface area contributed by atoms with Gasteiger partial charge in [-0.3, -0.25) is 14.2 Å². The van der Waals surface area contributed by atoms with Gasteiger partial charge in [-0.15, -0.1) is 0 Å². The van der Waals surface area contributed by atoms with Crippen LogP contribution in [0.2, 0.25) is 0 Å². The molecule has 0 bridgehead atoms. The highest BCUT2D eigenvalue weighted by molar-refractivity contribution is 5.98. The normalized spacial score (nSPS) is 15.3. The fourth-order valence-corrected chi connectivity index (χ4v) is 4.67. The molecule has 1 aliphatic heterocycles. The van der Waals surface area contributed by atoms with E-state index in [9.17, 15) is 4.79 Å². The van der Waals surface area contributed by atoms with Crippen molar-refractivity contribution in [1.82, 2.24) is 19.7 Å². The molecule has 34 heavy (non-hydrogen) atoms. The average molecular weight is 449 g/mol. The molecule has 1 fully saturated rings. The molecule has 5 rings (SSSR count). The molecule has 1 unspecified atom stereocenters. The SMILES string of the molecule is Cc1cc(CC(=O)c2ccc(C)c(C#Cc3cnc4cnccn34)c2)cc(CC2CCCN2)c1. The first-order chi connectivity index (χ1) is 16.5. The first-order valence-electron chi connectivity index (χ1n) is 11.8. The van der Waals surface area contributed by atoms with Crippen molar-refractivity contribution in [2.75, 3.05) is 6.54 Å². The Bertz CT molecular complexity index is 1420. The van der Waals surface area contributed by atoms with Gasteiger partial charge >= 0.3 is 0 Å². The predicted molar refractivity (Wildman–Crippen MR) is 134 cm³/mol. The Balaban J connectivity index is 1.35. The highest BCUT2D eigenvalue weighted by atomic mass is 16.1. The molecule has 4 aromatic rings. The molecular weight excluding hydrogens is 420 g/mol. The van der Waals surface area contributed by atoms with Crippen LogP contribution in [0.3, 0.4) is 0 Å². The summed E-state index contributed by atoms with van der Waals surface area (Å²) < 4.78 is 1.90. The van der Waals surface area contributed by atoms with Crippen molar-refractivity contribution in [2.24, 2.45) is 0 Å². The minimum atomic E-state index is 0.111. The molecule has 2 aromatic carbocycles. The number of fused-ring (bicyclic) bond motifs is 1.